The van der Waals surface area contributed by atoms with Crippen LogP contribution >= 0.6 is 0 Å². The van der Waals surface area contributed by atoms with Gasteiger partial charge in [-0.05, 0) is 30.7 Å². The minimum atomic E-state index is -3.60. The second-order valence-corrected chi connectivity index (χ2v) is 5.74. The van der Waals surface area contributed by atoms with Crippen molar-refractivity contribution in [1.29, 1.82) is 0 Å². The van der Waals surface area contributed by atoms with Crippen LogP contribution in [-0.4, -0.2) is 8.42 Å². The van der Waals surface area contributed by atoms with Gasteiger partial charge in [0.15, 0.2) is 0 Å². The molecule has 0 heterocycles. The predicted octanol–water partition coefficient (Wildman–Crippen LogP) is 2.66. The fourth-order valence-electron chi connectivity index (χ4n) is 1.53. The molecule has 0 radical (unpaired) electrons. The zero-order valence-corrected chi connectivity index (χ0v) is 11.5. The molecule has 0 bridgehead atoms. The van der Waals surface area contributed by atoms with Crippen molar-refractivity contribution < 1.29 is 8.42 Å². The molecule has 1 rings (SSSR count). The summed E-state index contributed by atoms with van der Waals surface area (Å²) in [7, 11) is -3.60. The largest absolute Gasteiger partial charge is 0.238 e. The smallest absolute Gasteiger partial charge is 0.225 e. The van der Waals surface area contributed by atoms with Crippen molar-refractivity contribution in [2.24, 2.45) is 5.14 Å². The molecule has 0 aliphatic rings. The van der Waals surface area contributed by atoms with Crippen LogP contribution in [0.2, 0.25) is 0 Å². The third kappa shape index (κ3) is 5.35. The average molecular weight is 265 g/mol. The first kappa shape index (κ1) is 14.7. The maximum atomic E-state index is 11.0. The van der Waals surface area contributed by atoms with Crippen molar-refractivity contribution in [2.45, 2.75) is 43.9 Å². The average Bonchev–Trinajstić information content (AvgIpc) is 2.33. The number of primary sulfonamides is 1. The van der Waals surface area contributed by atoms with Crippen molar-refractivity contribution in [3.8, 4) is 11.8 Å². The second-order valence-electron chi connectivity index (χ2n) is 4.18. The molecule has 0 amide bonds. The molecule has 98 valence electrons. The van der Waals surface area contributed by atoms with E-state index in [9.17, 15) is 8.42 Å². The van der Waals surface area contributed by atoms with Crippen LogP contribution in [0.15, 0.2) is 29.2 Å². The van der Waals surface area contributed by atoms with Gasteiger partial charge in [-0.1, -0.05) is 38.0 Å². The Morgan fingerprint density at radius 2 is 1.78 bits per heavy atom. The van der Waals surface area contributed by atoms with Crippen molar-refractivity contribution in [1.82, 2.24) is 0 Å². The summed E-state index contributed by atoms with van der Waals surface area (Å²) in [6.45, 7) is 2.18. The van der Waals surface area contributed by atoms with Gasteiger partial charge < -0.3 is 0 Å². The summed E-state index contributed by atoms with van der Waals surface area (Å²) in [5, 5.41) is 5.01. The van der Waals surface area contributed by atoms with E-state index >= 15 is 0 Å². The second kappa shape index (κ2) is 7.20. The fraction of sp³-hybridized carbons (Fsp3) is 0.429. The van der Waals surface area contributed by atoms with Crippen LogP contribution in [0.3, 0.4) is 0 Å². The molecule has 0 fully saturated rings. The van der Waals surface area contributed by atoms with Gasteiger partial charge in [0, 0.05) is 12.0 Å². The van der Waals surface area contributed by atoms with Gasteiger partial charge in [0.2, 0.25) is 10.0 Å². The lowest BCUT2D eigenvalue weighted by molar-refractivity contribution is 0.598. The van der Waals surface area contributed by atoms with E-state index in [0.717, 1.165) is 18.4 Å². The maximum absolute atomic E-state index is 11.0. The van der Waals surface area contributed by atoms with Gasteiger partial charge in [-0.25, -0.2) is 13.6 Å². The Morgan fingerprint density at radius 1 is 1.11 bits per heavy atom. The summed E-state index contributed by atoms with van der Waals surface area (Å²) in [5.74, 6) is 6.10. The highest BCUT2D eigenvalue weighted by molar-refractivity contribution is 7.89. The molecule has 0 saturated carbocycles. The lowest BCUT2D eigenvalue weighted by Crippen LogP contribution is -2.11. The number of nitrogens with two attached hydrogens (primary N) is 1. The van der Waals surface area contributed by atoms with Crippen LogP contribution < -0.4 is 5.14 Å². The highest BCUT2D eigenvalue weighted by Crippen LogP contribution is 2.08. The molecule has 1 aromatic carbocycles. The number of hydrogen-bond acceptors (Lipinski definition) is 2. The van der Waals surface area contributed by atoms with Crippen LogP contribution in [0.5, 0.6) is 0 Å². The third-order valence-corrected chi connectivity index (χ3v) is 3.50. The van der Waals surface area contributed by atoms with Crippen molar-refractivity contribution in [3.63, 3.8) is 0 Å². The monoisotopic (exact) mass is 265 g/mol. The molecular weight excluding hydrogens is 246 g/mol. The normalized spacial score (nSPS) is 10.8. The summed E-state index contributed by atoms with van der Waals surface area (Å²) >= 11 is 0. The lowest BCUT2D eigenvalue weighted by atomic mass is 10.1. The fourth-order valence-corrected chi connectivity index (χ4v) is 2.05. The summed E-state index contributed by atoms with van der Waals surface area (Å²) < 4.78 is 22.1. The first-order chi connectivity index (χ1) is 8.54. The maximum Gasteiger partial charge on any atom is 0.238 e. The van der Waals surface area contributed by atoms with Crippen LogP contribution in [0.4, 0.5) is 0 Å². The zero-order chi connectivity index (χ0) is 13.4. The van der Waals surface area contributed by atoms with Gasteiger partial charge in [0.25, 0.3) is 0 Å². The Hall–Kier alpha value is -1.31. The van der Waals surface area contributed by atoms with E-state index in [2.05, 4.69) is 18.8 Å². The van der Waals surface area contributed by atoms with Crippen LogP contribution in [0.1, 0.15) is 44.6 Å². The molecule has 0 aliphatic carbocycles. The molecular formula is C14H19NO2S. The Kier molecular flexibility index (Phi) is 5.90. The Balaban J connectivity index is 2.52. The van der Waals surface area contributed by atoms with Crippen LogP contribution in [0, 0.1) is 11.8 Å². The topological polar surface area (TPSA) is 60.2 Å². The quantitative estimate of drug-likeness (QED) is 0.657. The zero-order valence-electron chi connectivity index (χ0n) is 10.6. The molecule has 18 heavy (non-hydrogen) atoms. The standard InChI is InChI=1S/C14H19NO2S/c1-2-3-4-5-6-7-8-13-9-11-14(12-10-13)18(15,16)17/h9-12H,2-6H2,1H3,(H2,15,16,17). The van der Waals surface area contributed by atoms with Gasteiger partial charge >= 0.3 is 0 Å². The number of benzene rings is 1. The molecule has 0 aliphatic heterocycles. The molecule has 2 N–H and O–H groups in total. The van der Waals surface area contributed by atoms with E-state index in [1.54, 1.807) is 12.1 Å². The van der Waals surface area contributed by atoms with Gasteiger partial charge in [-0.3, -0.25) is 0 Å². The van der Waals surface area contributed by atoms with E-state index in [4.69, 9.17) is 5.14 Å². The summed E-state index contributed by atoms with van der Waals surface area (Å²) in [5.41, 5.74) is 0.817. The van der Waals surface area contributed by atoms with E-state index in [0.29, 0.717) is 0 Å². The van der Waals surface area contributed by atoms with Gasteiger partial charge in [-0.2, -0.15) is 0 Å². The van der Waals surface area contributed by atoms with Gasteiger partial charge in [0.1, 0.15) is 0 Å². The molecule has 4 heteroatoms. The third-order valence-electron chi connectivity index (χ3n) is 2.57. The van der Waals surface area contributed by atoms with E-state index in [1.807, 2.05) is 0 Å². The molecule has 1 aromatic rings. The SMILES string of the molecule is CCCCCCC#Cc1ccc(S(N)(=O)=O)cc1. The Labute approximate surface area is 109 Å². The summed E-state index contributed by atoms with van der Waals surface area (Å²) in [4.78, 5) is 0.121. The number of hydrogen-bond donors (Lipinski definition) is 1. The Morgan fingerprint density at radius 3 is 2.33 bits per heavy atom. The van der Waals surface area contributed by atoms with Crippen molar-refractivity contribution in [2.75, 3.05) is 0 Å². The molecule has 0 saturated heterocycles. The molecule has 0 spiro atoms. The molecule has 3 nitrogen and oxygen atoms in total. The van der Waals surface area contributed by atoms with Crippen molar-refractivity contribution in [3.05, 3.63) is 29.8 Å². The van der Waals surface area contributed by atoms with Gasteiger partial charge in [-0.15, -0.1) is 0 Å². The summed E-state index contributed by atoms with van der Waals surface area (Å²) in [6.07, 6.45) is 5.70. The van der Waals surface area contributed by atoms with E-state index < -0.39 is 10.0 Å². The van der Waals surface area contributed by atoms with Crippen LogP contribution in [0.25, 0.3) is 0 Å². The molecule has 0 unspecified atom stereocenters. The molecule has 0 atom stereocenters. The minimum Gasteiger partial charge on any atom is -0.225 e. The van der Waals surface area contributed by atoms with Crippen molar-refractivity contribution >= 4 is 10.0 Å². The number of unbranched alkanes of at least 4 members (excludes halogenated alkanes) is 4. The first-order valence-electron chi connectivity index (χ1n) is 6.16. The van der Waals surface area contributed by atoms with E-state index in [1.165, 1.54) is 31.4 Å². The Bertz CT molecular complexity index is 521. The highest BCUT2D eigenvalue weighted by atomic mass is 32.2. The summed E-state index contributed by atoms with van der Waals surface area (Å²) in [6, 6.07) is 6.32. The lowest BCUT2D eigenvalue weighted by Gasteiger charge is -1.97. The predicted molar refractivity (Wildman–Crippen MR) is 73.5 cm³/mol. The minimum absolute atomic E-state index is 0.121. The number of sulfonamides is 1. The van der Waals surface area contributed by atoms with Crippen LogP contribution in [-0.2, 0) is 10.0 Å². The number of rotatable bonds is 5. The molecule has 0 aromatic heterocycles. The first-order valence-corrected chi connectivity index (χ1v) is 7.70. The van der Waals surface area contributed by atoms with E-state index in [-0.39, 0.29) is 4.90 Å². The highest BCUT2D eigenvalue weighted by Gasteiger charge is 2.05. The van der Waals surface area contributed by atoms with Gasteiger partial charge in [0.05, 0.1) is 4.90 Å².